The van der Waals surface area contributed by atoms with Crippen molar-refractivity contribution in [3.8, 4) is 0 Å². The van der Waals surface area contributed by atoms with Gasteiger partial charge in [-0.2, -0.15) is 0 Å². The molecule has 2 N–H and O–H groups in total. The molecule has 2 rings (SSSR count). The molecule has 4 heteroatoms. The molecule has 1 amide bonds. The minimum Gasteiger partial charge on any atom is -0.391 e. The second kappa shape index (κ2) is 7.76. The lowest BCUT2D eigenvalue weighted by atomic mass is 10.0. The summed E-state index contributed by atoms with van der Waals surface area (Å²) in [7, 11) is 1.54. The van der Waals surface area contributed by atoms with E-state index in [2.05, 4.69) is 11.4 Å². The summed E-state index contributed by atoms with van der Waals surface area (Å²) in [5, 5.41) is 14.6. The van der Waals surface area contributed by atoms with Gasteiger partial charge in [-0.3, -0.25) is 4.79 Å². The predicted molar refractivity (Wildman–Crippen MR) is 83.2 cm³/mol. The van der Waals surface area contributed by atoms with Gasteiger partial charge in [0.1, 0.15) is 0 Å². The van der Waals surface area contributed by atoms with Gasteiger partial charge in [-0.15, -0.1) is 0 Å². The first-order chi connectivity index (χ1) is 10.2. The molecule has 0 heterocycles. The van der Waals surface area contributed by atoms with Gasteiger partial charge >= 0.3 is 0 Å². The second-order valence-corrected chi connectivity index (χ2v) is 5.11. The van der Waals surface area contributed by atoms with E-state index in [4.69, 9.17) is 4.74 Å². The Morgan fingerprint density at radius 2 is 2.00 bits per heavy atom. The van der Waals surface area contributed by atoms with Gasteiger partial charge in [-0.1, -0.05) is 42.5 Å². The van der Waals surface area contributed by atoms with Crippen molar-refractivity contribution in [3.63, 3.8) is 0 Å². The molecule has 0 aliphatic heterocycles. The van der Waals surface area contributed by atoms with E-state index in [-0.39, 0.29) is 5.91 Å². The van der Waals surface area contributed by atoms with Crippen LogP contribution in [0.3, 0.4) is 0 Å². The third-order valence-corrected chi connectivity index (χ3v) is 3.34. The van der Waals surface area contributed by atoms with E-state index in [1.807, 2.05) is 36.4 Å². The van der Waals surface area contributed by atoms with Crippen LogP contribution < -0.4 is 5.32 Å². The molecule has 1 atom stereocenters. The van der Waals surface area contributed by atoms with Gasteiger partial charge in [0.05, 0.1) is 19.1 Å². The molecule has 2 aromatic carbocycles. The number of fused-ring (bicyclic) bond motifs is 1. The second-order valence-electron chi connectivity index (χ2n) is 5.11. The first-order valence-corrected chi connectivity index (χ1v) is 7.10. The molecule has 0 spiro atoms. The van der Waals surface area contributed by atoms with Gasteiger partial charge in [0.2, 0.25) is 5.91 Å². The summed E-state index contributed by atoms with van der Waals surface area (Å²) in [4.78, 5) is 11.9. The lowest BCUT2D eigenvalue weighted by molar-refractivity contribution is -0.120. The fourth-order valence-corrected chi connectivity index (χ4v) is 2.25. The van der Waals surface area contributed by atoms with Crippen LogP contribution in [-0.2, 0) is 16.0 Å². The highest BCUT2D eigenvalue weighted by Gasteiger charge is 2.06. The quantitative estimate of drug-likeness (QED) is 0.817. The Kier molecular flexibility index (Phi) is 5.72. The number of benzene rings is 2. The highest BCUT2D eigenvalue weighted by molar-refractivity contribution is 5.85. The lowest BCUT2D eigenvalue weighted by Gasteiger charge is -2.10. The Hall–Kier alpha value is -1.91. The molecule has 0 aromatic heterocycles. The number of carbonyl (C=O) groups excluding carboxylic acids is 1. The maximum absolute atomic E-state index is 11.9. The molecule has 1 unspecified atom stereocenters. The molecular formula is C17H21NO3. The van der Waals surface area contributed by atoms with Crippen LogP contribution in [-0.4, -0.2) is 37.4 Å². The summed E-state index contributed by atoms with van der Waals surface area (Å²) in [5.41, 5.74) is 0.989. The van der Waals surface area contributed by atoms with Crippen LogP contribution in [0.5, 0.6) is 0 Å². The van der Waals surface area contributed by atoms with Gasteiger partial charge in [0.25, 0.3) is 0 Å². The number of nitrogens with one attached hydrogen (secondary N) is 1. The molecule has 0 radical (unpaired) electrons. The van der Waals surface area contributed by atoms with Crippen LogP contribution in [0.4, 0.5) is 0 Å². The van der Waals surface area contributed by atoms with Crippen molar-refractivity contribution in [2.75, 3.05) is 20.3 Å². The monoisotopic (exact) mass is 287 g/mol. The van der Waals surface area contributed by atoms with E-state index in [0.29, 0.717) is 26.0 Å². The Labute approximate surface area is 124 Å². The van der Waals surface area contributed by atoms with Gasteiger partial charge in [-0.25, -0.2) is 0 Å². The van der Waals surface area contributed by atoms with Crippen LogP contribution in [0.25, 0.3) is 10.8 Å². The average Bonchev–Trinajstić information content (AvgIpc) is 2.47. The minimum atomic E-state index is -0.532. The number of ether oxygens (including phenoxy) is 1. The first-order valence-electron chi connectivity index (χ1n) is 7.10. The van der Waals surface area contributed by atoms with Crippen LogP contribution in [0.1, 0.15) is 12.0 Å². The summed E-state index contributed by atoms with van der Waals surface area (Å²) in [6, 6.07) is 14.1. The van der Waals surface area contributed by atoms with E-state index in [0.717, 1.165) is 10.9 Å². The normalized spacial score (nSPS) is 12.3. The highest BCUT2D eigenvalue weighted by Crippen LogP contribution is 2.15. The standard InChI is InChI=1S/C17H21NO3/c1-21-12-16(19)8-9-18-17(20)11-13-6-7-14-4-2-3-5-15(14)10-13/h2-7,10,16,19H,8-9,11-12H2,1H3,(H,18,20). The average molecular weight is 287 g/mol. The van der Waals surface area contributed by atoms with Crippen molar-refractivity contribution in [3.05, 3.63) is 48.0 Å². The van der Waals surface area contributed by atoms with E-state index in [9.17, 15) is 9.90 Å². The Balaban J connectivity index is 1.83. The topological polar surface area (TPSA) is 58.6 Å². The lowest BCUT2D eigenvalue weighted by Crippen LogP contribution is -2.29. The number of methoxy groups -OCH3 is 1. The van der Waals surface area contributed by atoms with Crippen molar-refractivity contribution in [2.24, 2.45) is 0 Å². The van der Waals surface area contributed by atoms with E-state index >= 15 is 0 Å². The molecule has 4 nitrogen and oxygen atoms in total. The smallest absolute Gasteiger partial charge is 0.224 e. The number of aliphatic hydroxyl groups excluding tert-OH is 1. The number of hydrogen-bond acceptors (Lipinski definition) is 3. The molecular weight excluding hydrogens is 266 g/mol. The zero-order chi connectivity index (χ0) is 15.1. The van der Waals surface area contributed by atoms with Crippen molar-refractivity contribution < 1.29 is 14.6 Å². The fourth-order valence-electron chi connectivity index (χ4n) is 2.25. The third kappa shape index (κ3) is 4.85. The maximum atomic E-state index is 11.9. The van der Waals surface area contributed by atoms with Gasteiger partial charge in [-0.05, 0) is 22.8 Å². The van der Waals surface area contributed by atoms with Crippen LogP contribution in [0, 0.1) is 0 Å². The van der Waals surface area contributed by atoms with E-state index in [1.165, 1.54) is 5.39 Å². The summed E-state index contributed by atoms with van der Waals surface area (Å²) in [6.07, 6.45) is 0.318. The highest BCUT2D eigenvalue weighted by atomic mass is 16.5. The number of rotatable bonds is 7. The Bertz CT molecular complexity index is 597. The molecule has 0 aliphatic rings. The zero-order valence-corrected chi connectivity index (χ0v) is 12.2. The fraction of sp³-hybridized carbons (Fsp3) is 0.353. The molecule has 21 heavy (non-hydrogen) atoms. The number of hydrogen-bond donors (Lipinski definition) is 2. The first kappa shape index (κ1) is 15.5. The number of aliphatic hydroxyl groups is 1. The van der Waals surface area contributed by atoms with Gasteiger partial charge in [0.15, 0.2) is 0 Å². The molecule has 0 bridgehead atoms. The molecule has 0 aliphatic carbocycles. The van der Waals surface area contributed by atoms with Crippen molar-refractivity contribution >= 4 is 16.7 Å². The van der Waals surface area contributed by atoms with E-state index in [1.54, 1.807) is 7.11 Å². The Morgan fingerprint density at radius 3 is 2.76 bits per heavy atom. The van der Waals surface area contributed by atoms with Crippen molar-refractivity contribution in [1.82, 2.24) is 5.32 Å². The molecule has 2 aromatic rings. The van der Waals surface area contributed by atoms with Gasteiger partial charge < -0.3 is 15.2 Å². The number of carbonyl (C=O) groups is 1. The minimum absolute atomic E-state index is 0.0325. The van der Waals surface area contributed by atoms with Crippen LogP contribution in [0.2, 0.25) is 0 Å². The molecule has 0 fully saturated rings. The third-order valence-electron chi connectivity index (χ3n) is 3.34. The molecule has 0 saturated heterocycles. The number of amides is 1. The van der Waals surface area contributed by atoms with Crippen LogP contribution >= 0.6 is 0 Å². The molecule has 0 saturated carbocycles. The Morgan fingerprint density at radius 1 is 1.24 bits per heavy atom. The van der Waals surface area contributed by atoms with Crippen molar-refractivity contribution in [2.45, 2.75) is 18.9 Å². The zero-order valence-electron chi connectivity index (χ0n) is 12.2. The summed E-state index contributed by atoms with van der Waals surface area (Å²) < 4.78 is 4.83. The summed E-state index contributed by atoms with van der Waals surface area (Å²) in [6.45, 7) is 0.748. The van der Waals surface area contributed by atoms with Gasteiger partial charge in [0, 0.05) is 13.7 Å². The summed E-state index contributed by atoms with van der Waals surface area (Å²) >= 11 is 0. The van der Waals surface area contributed by atoms with Crippen molar-refractivity contribution in [1.29, 1.82) is 0 Å². The molecule has 112 valence electrons. The maximum Gasteiger partial charge on any atom is 0.224 e. The predicted octanol–water partition coefficient (Wildman–Crippen LogP) is 1.90. The van der Waals surface area contributed by atoms with E-state index < -0.39 is 6.10 Å². The SMILES string of the molecule is COCC(O)CCNC(=O)Cc1ccc2ccccc2c1. The largest absolute Gasteiger partial charge is 0.391 e. The van der Waals surface area contributed by atoms with Crippen LogP contribution in [0.15, 0.2) is 42.5 Å². The summed E-state index contributed by atoms with van der Waals surface area (Å²) in [5.74, 6) is -0.0325.